The van der Waals surface area contributed by atoms with Crippen LogP contribution in [0, 0.1) is 19.7 Å². The van der Waals surface area contributed by atoms with Crippen LogP contribution in [0.5, 0.6) is 0 Å². The van der Waals surface area contributed by atoms with Crippen LogP contribution in [0.15, 0.2) is 83.5 Å². The maximum atomic E-state index is 13.2. The third-order valence-corrected chi connectivity index (χ3v) is 7.61. The van der Waals surface area contributed by atoms with E-state index in [0.29, 0.717) is 17.3 Å². The summed E-state index contributed by atoms with van der Waals surface area (Å²) in [5, 5.41) is 6.87. The Morgan fingerprint density at radius 3 is 2.61 bits per heavy atom. The number of hydrogen-bond donors (Lipinski definition) is 2. The van der Waals surface area contributed by atoms with Crippen LogP contribution in [-0.4, -0.2) is 32.0 Å². The molecule has 1 aliphatic heterocycles. The van der Waals surface area contributed by atoms with Crippen LogP contribution in [0.25, 0.3) is 5.69 Å². The molecule has 1 amide bonds. The zero-order chi connectivity index (χ0) is 26.8. The van der Waals surface area contributed by atoms with Crippen molar-refractivity contribution in [3.05, 3.63) is 112 Å². The van der Waals surface area contributed by atoms with Gasteiger partial charge in [-0.1, -0.05) is 28.1 Å². The number of aromatic nitrogens is 2. The lowest BCUT2D eigenvalue weighted by atomic mass is 9.96. The van der Waals surface area contributed by atoms with Crippen molar-refractivity contribution >= 4 is 44.9 Å². The Morgan fingerprint density at radius 2 is 1.89 bits per heavy atom. The second-order valence-corrected chi connectivity index (χ2v) is 10.6. The molecule has 2 aromatic carbocycles. The lowest BCUT2D eigenvalue weighted by molar-refractivity contribution is -0.116. The maximum absolute atomic E-state index is 13.2. The molecule has 2 N–H and O–H groups in total. The summed E-state index contributed by atoms with van der Waals surface area (Å²) in [5.41, 5.74) is 5.81. The fourth-order valence-corrected chi connectivity index (χ4v) is 5.78. The van der Waals surface area contributed by atoms with E-state index in [0.717, 1.165) is 32.8 Å². The van der Waals surface area contributed by atoms with Crippen LogP contribution in [0.1, 0.15) is 41.1 Å². The van der Waals surface area contributed by atoms with Gasteiger partial charge in [0.2, 0.25) is 5.91 Å². The Hall–Kier alpha value is -3.56. The highest BCUT2D eigenvalue weighted by Gasteiger charge is 2.41. The summed E-state index contributed by atoms with van der Waals surface area (Å²) >= 11 is 9.37. The van der Waals surface area contributed by atoms with E-state index in [9.17, 15) is 9.18 Å². The predicted molar refractivity (Wildman–Crippen MR) is 155 cm³/mol. The fourth-order valence-electron chi connectivity index (χ4n) is 5.06. The van der Waals surface area contributed by atoms with E-state index < -0.39 is 0 Å². The number of nitrogens with one attached hydrogen (secondary N) is 2. The zero-order valence-electron chi connectivity index (χ0n) is 21.0. The van der Waals surface area contributed by atoms with Gasteiger partial charge in [0.05, 0.1) is 17.8 Å². The fraction of sp³-hybridized carbons (Fsp3) is 0.207. The SMILES string of the molecule is Cc1cc([C@@H]2[C@H](c3ccccn3)NC(=S)N2CCC(=O)Nc2ccc(F)cc2)c(C)n1-c1cccc(Br)c1. The molecular formula is C29H27BrFN5OS. The van der Waals surface area contributed by atoms with Crippen molar-refractivity contribution in [2.24, 2.45) is 0 Å². The summed E-state index contributed by atoms with van der Waals surface area (Å²) in [6.07, 6.45) is 2.00. The molecule has 0 bridgehead atoms. The number of aryl methyl sites for hydroxylation is 1. The summed E-state index contributed by atoms with van der Waals surface area (Å²) in [5.74, 6) is -0.514. The molecule has 194 valence electrons. The second-order valence-electron chi connectivity index (χ2n) is 9.27. The van der Waals surface area contributed by atoms with Crippen molar-refractivity contribution in [3.8, 4) is 5.69 Å². The van der Waals surface area contributed by atoms with Gasteiger partial charge in [-0.05, 0) is 92.3 Å². The van der Waals surface area contributed by atoms with E-state index in [1.165, 1.54) is 12.1 Å². The number of carbonyl (C=O) groups excluding carboxylic acids is 1. The number of carbonyl (C=O) groups is 1. The monoisotopic (exact) mass is 591 g/mol. The summed E-state index contributed by atoms with van der Waals surface area (Å²) < 4.78 is 16.5. The molecule has 0 saturated carbocycles. The number of benzene rings is 2. The normalized spacial score (nSPS) is 16.9. The van der Waals surface area contributed by atoms with Crippen molar-refractivity contribution in [3.63, 3.8) is 0 Å². The molecule has 9 heteroatoms. The van der Waals surface area contributed by atoms with Gasteiger partial charge in [0.15, 0.2) is 5.11 Å². The van der Waals surface area contributed by atoms with Gasteiger partial charge in [0.1, 0.15) is 5.82 Å². The highest BCUT2D eigenvalue weighted by atomic mass is 79.9. The number of pyridine rings is 1. The first kappa shape index (κ1) is 26.1. The summed E-state index contributed by atoms with van der Waals surface area (Å²) in [6, 6.07) is 21.6. The number of nitrogens with zero attached hydrogens (tertiary/aromatic N) is 3. The van der Waals surface area contributed by atoms with Crippen molar-refractivity contribution in [2.45, 2.75) is 32.4 Å². The molecule has 1 aliphatic rings. The smallest absolute Gasteiger partial charge is 0.226 e. The van der Waals surface area contributed by atoms with E-state index in [4.69, 9.17) is 12.2 Å². The molecule has 38 heavy (non-hydrogen) atoms. The van der Waals surface area contributed by atoms with Crippen LogP contribution >= 0.6 is 28.1 Å². The minimum Gasteiger partial charge on any atom is -0.352 e. The highest BCUT2D eigenvalue weighted by molar-refractivity contribution is 9.10. The van der Waals surface area contributed by atoms with Gasteiger partial charge in [0, 0.05) is 46.4 Å². The number of rotatable bonds is 7. The summed E-state index contributed by atoms with van der Waals surface area (Å²) in [4.78, 5) is 19.5. The van der Waals surface area contributed by atoms with Crippen LogP contribution in [-0.2, 0) is 4.79 Å². The molecule has 2 aromatic heterocycles. The van der Waals surface area contributed by atoms with E-state index in [1.54, 1.807) is 18.3 Å². The zero-order valence-corrected chi connectivity index (χ0v) is 23.4. The van der Waals surface area contributed by atoms with Gasteiger partial charge in [-0.3, -0.25) is 9.78 Å². The van der Waals surface area contributed by atoms with Gasteiger partial charge in [-0.2, -0.15) is 0 Å². The van der Waals surface area contributed by atoms with E-state index in [-0.39, 0.29) is 30.2 Å². The molecule has 0 spiro atoms. The third kappa shape index (κ3) is 5.35. The van der Waals surface area contributed by atoms with Crippen LogP contribution < -0.4 is 10.6 Å². The Balaban J connectivity index is 1.46. The number of amides is 1. The minimum absolute atomic E-state index is 0.164. The predicted octanol–water partition coefficient (Wildman–Crippen LogP) is 6.39. The van der Waals surface area contributed by atoms with Crippen LogP contribution in [0.4, 0.5) is 10.1 Å². The molecule has 1 fully saturated rings. The van der Waals surface area contributed by atoms with E-state index in [2.05, 4.69) is 73.1 Å². The molecule has 5 rings (SSSR count). The molecule has 0 radical (unpaired) electrons. The Kier molecular flexibility index (Phi) is 7.58. The standard InChI is InChI=1S/C29H27BrFN5OS/c1-18-16-24(19(2)36(18)23-7-5-6-20(30)17-23)28-27(25-8-3-4-14-32-25)34-29(38)35(28)15-13-26(37)33-22-11-9-21(31)10-12-22/h3-12,14,16-17,27-28H,13,15H2,1-2H3,(H,33,37)(H,34,38)/t27-,28+/m0/s1. The van der Waals surface area contributed by atoms with Gasteiger partial charge < -0.3 is 20.1 Å². The Labute approximate surface area is 235 Å². The third-order valence-electron chi connectivity index (χ3n) is 6.76. The largest absolute Gasteiger partial charge is 0.352 e. The molecular weight excluding hydrogens is 565 g/mol. The highest BCUT2D eigenvalue weighted by Crippen LogP contribution is 2.41. The van der Waals surface area contributed by atoms with Crippen molar-refractivity contribution in [2.75, 3.05) is 11.9 Å². The van der Waals surface area contributed by atoms with E-state index >= 15 is 0 Å². The first-order valence-corrected chi connectivity index (χ1v) is 13.5. The summed E-state index contributed by atoms with van der Waals surface area (Å²) in [6.45, 7) is 4.61. The maximum Gasteiger partial charge on any atom is 0.226 e. The number of hydrogen-bond acceptors (Lipinski definition) is 3. The topological polar surface area (TPSA) is 62.2 Å². The minimum atomic E-state index is -0.347. The summed E-state index contributed by atoms with van der Waals surface area (Å²) in [7, 11) is 0. The Morgan fingerprint density at radius 1 is 1.11 bits per heavy atom. The molecule has 0 unspecified atom stereocenters. The number of anilines is 1. The van der Waals surface area contributed by atoms with Crippen molar-refractivity contribution in [1.29, 1.82) is 0 Å². The van der Waals surface area contributed by atoms with Gasteiger partial charge in [0.25, 0.3) is 0 Å². The lowest BCUT2D eigenvalue weighted by Gasteiger charge is -2.28. The van der Waals surface area contributed by atoms with Gasteiger partial charge in [-0.25, -0.2) is 4.39 Å². The average molecular weight is 593 g/mol. The molecule has 2 atom stereocenters. The average Bonchev–Trinajstić information content (AvgIpc) is 3.39. The van der Waals surface area contributed by atoms with Crippen molar-refractivity contribution < 1.29 is 9.18 Å². The number of thiocarbonyl (C=S) groups is 1. The van der Waals surface area contributed by atoms with Gasteiger partial charge >= 0.3 is 0 Å². The second kappa shape index (κ2) is 11.0. The van der Waals surface area contributed by atoms with Crippen LogP contribution in [0.2, 0.25) is 0 Å². The molecule has 6 nitrogen and oxygen atoms in total. The van der Waals surface area contributed by atoms with Crippen LogP contribution in [0.3, 0.4) is 0 Å². The van der Waals surface area contributed by atoms with Crippen molar-refractivity contribution in [1.82, 2.24) is 19.8 Å². The van der Waals surface area contributed by atoms with Gasteiger partial charge in [-0.15, -0.1) is 0 Å². The quantitative estimate of drug-likeness (QED) is 0.244. The molecule has 1 saturated heterocycles. The molecule has 3 heterocycles. The molecule has 4 aromatic rings. The van der Waals surface area contributed by atoms with E-state index in [1.807, 2.05) is 30.3 Å². The lowest BCUT2D eigenvalue weighted by Crippen LogP contribution is -2.32. The molecule has 0 aliphatic carbocycles. The first-order chi connectivity index (χ1) is 18.3. The number of halogens is 2. The first-order valence-electron chi connectivity index (χ1n) is 12.3. The Bertz CT molecular complexity index is 1470.